The van der Waals surface area contributed by atoms with E-state index in [-0.39, 0.29) is 17.4 Å². The van der Waals surface area contributed by atoms with Crippen molar-refractivity contribution in [3.8, 4) is 0 Å². The van der Waals surface area contributed by atoms with Crippen LogP contribution >= 0.6 is 0 Å². The van der Waals surface area contributed by atoms with Crippen LogP contribution in [-0.4, -0.2) is 45.0 Å². The Morgan fingerprint density at radius 2 is 2.00 bits per heavy atom. The molecule has 0 spiro atoms. The Hall–Kier alpha value is -2.70. The largest absolute Gasteiger partial charge is 0.354 e. The van der Waals surface area contributed by atoms with Crippen LogP contribution in [0.2, 0.25) is 0 Å². The van der Waals surface area contributed by atoms with E-state index in [2.05, 4.69) is 15.3 Å². The standard InChI is InChI=1S/C19H23N5O2/c25-17(6-2-7-20-19-21-8-3-9-22-19)23-11-14-10-15(13-23)16-4-1-5-18(26)24(16)12-14/h1,3-5,8-9,14-15H,2,6-7,10-13H2,(H,20,21,22)/t14-,15+/m0/s1. The molecule has 2 aliphatic rings. The molecule has 26 heavy (non-hydrogen) atoms. The van der Waals surface area contributed by atoms with Crippen molar-refractivity contribution in [1.29, 1.82) is 0 Å². The highest BCUT2D eigenvalue weighted by Gasteiger charge is 2.35. The molecule has 1 amide bonds. The highest BCUT2D eigenvalue weighted by Crippen LogP contribution is 2.35. The average Bonchev–Trinajstić information content (AvgIpc) is 2.67. The highest BCUT2D eigenvalue weighted by atomic mass is 16.2. The Morgan fingerprint density at radius 3 is 2.85 bits per heavy atom. The number of anilines is 1. The van der Waals surface area contributed by atoms with E-state index in [1.54, 1.807) is 24.5 Å². The lowest BCUT2D eigenvalue weighted by Crippen LogP contribution is -2.49. The van der Waals surface area contributed by atoms with Crippen molar-refractivity contribution in [1.82, 2.24) is 19.4 Å². The second-order valence-electron chi connectivity index (χ2n) is 7.10. The van der Waals surface area contributed by atoms with Crippen LogP contribution in [0.1, 0.15) is 30.9 Å². The zero-order valence-electron chi connectivity index (χ0n) is 14.7. The Balaban J connectivity index is 1.32. The van der Waals surface area contributed by atoms with E-state index < -0.39 is 0 Å². The smallest absolute Gasteiger partial charge is 0.250 e. The van der Waals surface area contributed by atoms with Crippen LogP contribution in [0.5, 0.6) is 0 Å². The van der Waals surface area contributed by atoms with Gasteiger partial charge in [0.05, 0.1) is 0 Å². The molecular weight excluding hydrogens is 330 g/mol. The van der Waals surface area contributed by atoms with Crippen LogP contribution in [-0.2, 0) is 11.3 Å². The third-order valence-corrected chi connectivity index (χ3v) is 5.25. The van der Waals surface area contributed by atoms with Gasteiger partial charge in [0.25, 0.3) is 5.56 Å². The Morgan fingerprint density at radius 1 is 1.15 bits per heavy atom. The van der Waals surface area contributed by atoms with Gasteiger partial charge >= 0.3 is 0 Å². The molecule has 4 rings (SSSR count). The monoisotopic (exact) mass is 353 g/mol. The maximum absolute atomic E-state index is 12.6. The first-order chi connectivity index (χ1) is 12.7. The number of rotatable bonds is 5. The molecule has 2 aliphatic heterocycles. The predicted molar refractivity (Wildman–Crippen MR) is 97.9 cm³/mol. The molecule has 0 aliphatic carbocycles. The topological polar surface area (TPSA) is 80.1 Å². The molecule has 0 aromatic carbocycles. The number of fused-ring (bicyclic) bond motifs is 4. The number of nitrogens with zero attached hydrogens (tertiary/aromatic N) is 4. The zero-order valence-corrected chi connectivity index (χ0v) is 14.7. The molecule has 2 aromatic rings. The van der Waals surface area contributed by atoms with Crippen molar-refractivity contribution < 1.29 is 4.79 Å². The Labute approximate surface area is 152 Å². The summed E-state index contributed by atoms with van der Waals surface area (Å²) < 4.78 is 1.89. The van der Waals surface area contributed by atoms with Gasteiger partial charge in [-0.1, -0.05) is 6.07 Å². The number of likely N-dealkylation sites (tertiary alicyclic amines) is 1. The third kappa shape index (κ3) is 3.47. The summed E-state index contributed by atoms with van der Waals surface area (Å²) in [6.07, 6.45) is 5.71. The number of hydrogen-bond acceptors (Lipinski definition) is 5. The summed E-state index contributed by atoms with van der Waals surface area (Å²) in [5.41, 5.74) is 1.15. The highest BCUT2D eigenvalue weighted by molar-refractivity contribution is 5.76. The molecule has 2 aromatic heterocycles. The van der Waals surface area contributed by atoms with E-state index in [4.69, 9.17) is 0 Å². The van der Waals surface area contributed by atoms with Gasteiger partial charge in [-0.2, -0.15) is 0 Å². The summed E-state index contributed by atoms with van der Waals surface area (Å²) in [7, 11) is 0. The molecule has 1 N–H and O–H groups in total. The fraction of sp³-hybridized carbons (Fsp3) is 0.474. The fourth-order valence-electron chi connectivity index (χ4n) is 4.09. The van der Waals surface area contributed by atoms with Gasteiger partial charge in [-0.25, -0.2) is 9.97 Å². The number of amides is 1. The van der Waals surface area contributed by atoms with E-state index in [0.717, 1.165) is 31.6 Å². The number of piperidine rings is 1. The van der Waals surface area contributed by atoms with Gasteiger partial charge < -0.3 is 14.8 Å². The number of nitrogens with one attached hydrogen (secondary N) is 1. The number of pyridine rings is 1. The van der Waals surface area contributed by atoms with Crippen LogP contribution in [0.3, 0.4) is 0 Å². The van der Waals surface area contributed by atoms with E-state index in [0.29, 0.717) is 31.4 Å². The molecule has 1 saturated heterocycles. The van der Waals surface area contributed by atoms with Gasteiger partial charge in [0, 0.05) is 62.7 Å². The van der Waals surface area contributed by atoms with Gasteiger partial charge in [-0.05, 0) is 30.9 Å². The number of aromatic nitrogens is 3. The van der Waals surface area contributed by atoms with Gasteiger partial charge in [0.2, 0.25) is 11.9 Å². The molecule has 136 valence electrons. The van der Waals surface area contributed by atoms with E-state index in [1.807, 2.05) is 21.6 Å². The molecule has 0 radical (unpaired) electrons. The molecule has 0 saturated carbocycles. The van der Waals surface area contributed by atoms with Crippen LogP contribution in [0, 0.1) is 5.92 Å². The summed E-state index contributed by atoms with van der Waals surface area (Å²) in [6.45, 7) is 2.87. The van der Waals surface area contributed by atoms with Crippen LogP contribution < -0.4 is 10.9 Å². The Bertz CT molecular complexity index is 835. The first-order valence-corrected chi connectivity index (χ1v) is 9.19. The first-order valence-electron chi connectivity index (χ1n) is 9.19. The maximum Gasteiger partial charge on any atom is 0.250 e. The van der Waals surface area contributed by atoms with Crippen molar-refractivity contribution in [3.05, 3.63) is 52.7 Å². The molecule has 0 unspecified atom stereocenters. The van der Waals surface area contributed by atoms with Gasteiger partial charge in [0.1, 0.15) is 0 Å². The van der Waals surface area contributed by atoms with Crippen molar-refractivity contribution in [2.45, 2.75) is 31.7 Å². The minimum atomic E-state index is 0.0752. The lowest BCUT2D eigenvalue weighted by atomic mass is 9.83. The Kier molecular flexibility index (Phi) is 4.69. The minimum absolute atomic E-state index is 0.0752. The zero-order chi connectivity index (χ0) is 17.9. The molecule has 7 nitrogen and oxygen atoms in total. The van der Waals surface area contributed by atoms with Crippen molar-refractivity contribution in [3.63, 3.8) is 0 Å². The molecule has 2 atom stereocenters. The van der Waals surface area contributed by atoms with Crippen LogP contribution in [0.15, 0.2) is 41.5 Å². The summed E-state index contributed by atoms with van der Waals surface area (Å²) in [6, 6.07) is 7.25. The van der Waals surface area contributed by atoms with E-state index >= 15 is 0 Å². The lowest BCUT2D eigenvalue weighted by molar-refractivity contribution is -0.134. The molecule has 2 bridgehead atoms. The maximum atomic E-state index is 12.6. The second kappa shape index (κ2) is 7.27. The van der Waals surface area contributed by atoms with Gasteiger partial charge in [0.15, 0.2) is 0 Å². The number of hydrogen-bond donors (Lipinski definition) is 1. The van der Waals surface area contributed by atoms with Gasteiger partial charge in [-0.15, -0.1) is 0 Å². The van der Waals surface area contributed by atoms with Crippen LogP contribution in [0.4, 0.5) is 5.95 Å². The normalized spacial score (nSPS) is 21.2. The molecule has 1 fully saturated rings. The van der Waals surface area contributed by atoms with Crippen molar-refractivity contribution in [2.75, 3.05) is 25.0 Å². The summed E-state index contributed by atoms with van der Waals surface area (Å²) in [5.74, 6) is 1.44. The van der Waals surface area contributed by atoms with E-state index in [1.165, 1.54) is 0 Å². The van der Waals surface area contributed by atoms with Gasteiger partial charge in [-0.3, -0.25) is 9.59 Å². The summed E-state index contributed by atoms with van der Waals surface area (Å²) >= 11 is 0. The number of carbonyl (C=O) groups excluding carboxylic acids is 1. The average molecular weight is 353 g/mol. The predicted octanol–water partition coefficient (Wildman–Crippen LogP) is 1.48. The summed E-state index contributed by atoms with van der Waals surface area (Å²) in [5, 5.41) is 3.13. The molecule has 7 heteroatoms. The quantitative estimate of drug-likeness (QED) is 0.824. The van der Waals surface area contributed by atoms with Crippen molar-refractivity contribution >= 4 is 11.9 Å². The SMILES string of the molecule is O=C(CCCNc1ncccn1)N1C[C@@H]2C[C@H](C1)c1cccc(=O)n1C2. The van der Waals surface area contributed by atoms with Crippen LogP contribution in [0.25, 0.3) is 0 Å². The minimum Gasteiger partial charge on any atom is -0.354 e. The molecular formula is C19H23N5O2. The lowest BCUT2D eigenvalue weighted by Gasteiger charge is -2.42. The second-order valence-corrected chi connectivity index (χ2v) is 7.10. The first kappa shape index (κ1) is 16.8. The third-order valence-electron chi connectivity index (χ3n) is 5.25. The van der Waals surface area contributed by atoms with Crippen molar-refractivity contribution in [2.24, 2.45) is 5.92 Å². The fourth-order valence-corrected chi connectivity index (χ4v) is 4.09. The molecule has 4 heterocycles. The van der Waals surface area contributed by atoms with E-state index in [9.17, 15) is 9.59 Å². The number of carbonyl (C=O) groups is 1. The summed E-state index contributed by atoms with van der Waals surface area (Å²) in [4.78, 5) is 34.9.